The minimum Gasteiger partial charge on any atom is -0.365 e. The summed E-state index contributed by atoms with van der Waals surface area (Å²) in [6.07, 6.45) is 0. The standard InChI is InChI=1S/C6H6Cl2N4/c7-3-4(8)12-6(11-3)5-9-1-2-10-5/h1-2H2,(H,9,10)(H,11,12). The van der Waals surface area contributed by atoms with Gasteiger partial charge in [-0.3, -0.25) is 4.99 Å². The minimum absolute atomic E-state index is 0.281. The molecule has 4 nitrogen and oxygen atoms in total. The fourth-order valence-electron chi connectivity index (χ4n) is 0.999. The molecular weight excluding hydrogens is 199 g/mol. The summed E-state index contributed by atoms with van der Waals surface area (Å²) in [6, 6.07) is 0. The number of aliphatic imine (C=N–C) groups is 1. The average molecular weight is 205 g/mol. The summed E-state index contributed by atoms with van der Waals surface area (Å²) < 4.78 is 0. The highest BCUT2D eigenvalue weighted by atomic mass is 35.5. The zero-order valence-corrected chi connectivity index (χ0v) is 7.58. The van der Waals surface area contributed by atoms with Crippen molar-refractivity contribution in [1.82, 2.24) is 15.3 Å². The van der Waals surface area contributed by atoms with Crippen molar-refractivity contribution in [2.24, 2.45) is 4.99 Å². The third-order valence-corrected chi connectivity index (χ3v) is 2.16. The first-order valence-corrected chi connectivity index (χ1v) is 4.22. The van der Waals surface area contributed by atoms with Gasteiger partial charge < -0.3 is 10.3 Å². The van der Waals surface area contributed by atoms with Crippen LogP contribution in [-0.4, -0.2) is 28.9 Å². The normalized spacial score (nSPS) is 16.0. The number of amidine groups is 1. The van der Waals surface area contributed by atoms with Gasteiger partial charge in [-0.25, -0.2) is 4.98 Å². The lowest BCUT2D eigenvalue weighted by Gasteiger charge is -1.94. The van der Waals surface area contributed by atoms with Gasteiger partial charge in [0.05, 0.1) is 6.54 Å². The molecule has 0 radical (unpaired) electrons. The van der Waals surface area contributed by atoms with Gasteiger partial charge in [-0.15, -0.1) is 0 Å². The van der Waals surface area contributed by atoms with Crippen LogP contribution in [0.4, 0.5) is 0 Å². The molecule has 6 heteroatoms. The predicted octanol–water partition coefficient (Wildman–Crippen LogP) is 1.07. The molecule has 0 fully saturated rings. The van der Waals surface area contributed by atoms with Crippen LogP contribution >= 0.6 is 23.2 Å². The average Bonchev–Trinajstić information content (AvgIpc) is 2.61. The summed E-state index contributed by atoms with van der Waals surface area (Å²) in [5.74, 6) is 1.33. The Labute approximate surface area is 79.0 Å². The van der Waals surface area contributed by atoms with E-state index in [-0.39, 0.29) is 5.15 Å². The van der Waals surface area contributed by atoms with E-state index in [0.717, 1.165) is 18.9 Å². The van der Waals surface area contributed by atoms with E-state index in [9.17, 15) is 0 Å². The van der Waals surface area contributed by atoms with Crippen LogP contribution in [0.1, 0.15) is 5.82 Å². The predicted molar refractivity (Wildman–Crippen MR) is 48.0 cm³/mol. The van der Waals surface area contributed by atoms with E-state index in [2.05, 4.69) is 20.3 Å². The maximum atomic E-state index is 5.68. The van der Waals surface area contributed by atoms with Crippen LogP contribution in [-0.2, 0) is 0 Å². The van der Waals surface area contributed by atoms with Gasteiger partial charge in [-0.1, -0.05) is 23.2 Å². The highest BCUT2D eigenvalue weighted by molar-refractivity contribution is 6.40. The highest BCUT2D eigenvalue weighted by Crippen LogP contribution is 2.18. The van der Waals surface area contributed by atoms with E-state index in [1.165, 1.54) is 0 Å². The lowest BCUT2D eigenvalue weighted by atomic mass is 10.5. The molecule has 0 amide bonds. The first kappa shape index (κ1) is 7.89. The van der Waals surface area contributed by atoms with Gasteiger partial charge in [0.2, 0.25) is 0 Å². The molecule has 0 aliphatic carbocycles. The van der Waals surface area contributed by atoms with Crippen LogP contribution in [0.25, 0.3) is 0 Å². The first-order chi connectivity index (χ1) is 5.77. The smallest absolute Gasteiger partial charge is 0.175 e. The number of aromatic nitrogens is 2. The van der Waals surface area contributed by atoms with Gasteiger partial charge in [-0.2, -0.15) is 0 Å². The Balaban J connectivity index is 2.34. The number of hydrogen-bond donors (Lipinski definition) is 2. The largest absolute Gasteiger partial charge is 0.365 e. The molecule has 0 unspecified atom stereocenters. The maximum absolute atomic E-state index is 5.68. The third kappa shape index (κ3) is 1.28. The van der Waals surface area contributed by atoms with E-state index in [1.807, 2.05) is 0 Å². The number of hydrogen-bond acceptors (Lipinski definition) is 3. The molecule has 1 aliphatic heterocycles. The van der Waals surface area contributed by atoms with E-state index in [1.54, 1.807) is 0 Å². The molecule has 0 saturated carbocycles. The second-order valence-electron chi connectivity index (χ2n) is 2.35. The molecule has 0 spiro atoms. The van der Waals surface area contributed by atoms with Crippen molar-refractivity contribution in [3.8, 4) is 0 Å². The van der Waals surface area contributed by atoms with Gasteiger partial charge in [-0.05, 0) is 0 Å². The summed E-state index contributed by atoms with van der Waals surface area (Å²) in [4.78, 5) is 10.9. The molecule has 1 aromatic rings. The SMILES string of the molecule is Clc1nc(C2=NCCN2)[nH]c1Cl. The lowest BCUT2D eigenvalue weighted by molar-refractivity contribution is 0.956. The van der Waals surface area contributed by atoms with Crippen molar-refractivity contribution in [2.75, 3.05) is 13.1 Å². The van der Waals surface area contributed by atoms with Gasteiger partial charge >= 0.3 is 0 Å². The molecule has 2 rings (SSSR count). The van der Waals surface area contributed by atoms with Crippen molar-refractivity contribution >= 4 is 29.0 Å². The van der Waals surface area contributed by atoms with Crippen LogP contribution in [0.15, 0.2) is 4.99 Å². The van der Waals surface area contributed by atoms with Gasteiger partial charge in [0.1, 0.15) is 5.15 Å². The van der Waals surface area contributed by atoms with Gasteiger partial charge in [0.15, 0.2) is 16.8 Å². The molecule has 64 valence electrons. The molecule has 2 N–H and O–H groups in total. The van der Waals surface area contributed by atoms with E-state index < -0.39 is 0 Å². The summed E-state index contributed by atoms with van der Waals surface area (Å²) in [6.45, 7) is 1.61. The highest BCUT2D eigenvalue weighted by Gasteiger charge is 2.13. The summed E-state index contributed by atoms with van der Waals surface area (Å²) in [5, 5.41) is 3.68. The third-order valence-electron chi connectivity index (χ3n) is 1.52. The molecule has 2 heterocycles. The summed E-state index contributed by atoms with van der Waals surface area (Å²) >= 11 is 11.3. The van der Waals surface area contributed by atoms with Crippen molar-refractivity contribution < 1.29 is 0 Å². The Hall–Kier alpha value is -0.740. The number of rotatable bonds is 1. The molecule has 0 atom stereocenters. The fraction of sp³-hybridized carbons (Fsp3) is 0.333. The van der Waals surface area contributed by atoms with E-state index in [4.69, 9.17) is 23.2 Å². The van der Waals surface area contributed by atoms with Crippen LogP contribution in [0, 0.1) is 0 Å². The maximum Gasteiger partial charge on any atom is 0.175 e. The van der Waals surface area contributed by atoms with Crippen LogP contribution in [0.3, 0.4) is 0 Å². The number of H-pyrrole nitrogens is 1. The molecule has 0 saturated heterocycles. The molecule has 12 heavy (non-hydrogen) atoms. The van der Waals surface area contributed by atoms with Crippen molar-refractivity contribution in [3.05, 3.63) is 16.1 Å². The molecule has 0 bridgehead atoms. The van der Waals surface area contributed by atoms with Crippen molar-refractivity contribution in [2.45, 2.75) is 0 Å². The van der Waals surface area contributed by atoms with Crippen molar-refractivity contribution in [1.29, 1.82) is 0 Å². The van der Waals surface area contributed by atoms with Gasteiger partial charge in [0, 0.05) is 6.54 Å². The van der Waals surface area contributed by atoms with Crippen LogP contribution < -0.4 is 5.32 Å². The van der Waals surface area contributed by atoms with Crippen LogP contribution in [0.2, 0.25) is 10.3 Å². The number of aromatic amines is 1. The minimum atomic E-state index is 0.281. The second-order valence-corrected chi connectivity index (χ2v) is 3.08. The number of nitrogens with zero attached hydrogens (tertiary/aromatic N) is 2. The summed E-state index contributed by atoms with van der Waals surface area (Å²) in [7, 11) is 0. The summed E-state index contributed by atoms with van der Waals surface area (Å²) in [5.41, 5.74) is 0. The molecule has 1 aromatic heterocycles. The second kappa shape index (κ2) is 2.95. The Morgan fingerprint density at radius 2 is 2.17 bits per heavy atom. The van der Waals surface area contributed by atoms with Crippen LogP contribution in [0.5, 0.6) is 0 Å². The topological polar surface area (TPSA) is 53.1 Å². The number of imidazole rings is 1. The first-order valence-electron chi connectivity index (χ1n) is 3.47. The molecule has 0 aromatic carbocycles. The fourth-order valence-corrected chi connectivity index (χ4v) is 1.26. The number of halogens is 2. The Bertz CT molecular complexity index is 311. The Kier molecular flexibility index (Phi) is 1.94. The monoisotopic (exact) mass is 204 g/mol. The Morgan fingerprint density at radius 1 is 1.33 bits per heavy atom. The quantitative estimate of drug-likeness (QED) is 0.720. The van der Waals surface area contributed by atoms with Gasteiger partial charge in [0.25, 0.3) is 0 Å². The van der Waals surface area contributed by atoms with E-state index in [0.29, 0.717) is 11.0 Å². The zero-order valence-electron chi connectivity index (χ0n) is 6.06. The Morgan fingerprint density at radius 3 is 2.67 bits per heavy atom. The molecular formula is C6H6Cl2N4. The number of nitrogens with one attached hydrogen (secondary N) is 2. The van der Waals surface area contributed by atoms with Crippen molar-refractivity contribution in [3.63, 3.8) is 0 Å². The van der Waals surface area contributed by atoms with E-state index >= 15 is 0 Å². The molecule has 1 aliphatic rings. The zero-order chi connectivity index (χ0) is 8.55. The lowest BCUT2D eigenvalue weighted by Crippen LogP contribution is -2.20.